The minimum absolute atomic E-state index is 0.0742. The number of nitrogens with two attached hydrogens (primary N) is 1. The zero-order chi connectivity index (χ0) is 20.6. The molecule has 4 aromatic rings. The summed E-state index contributed by atoms with van der Waals surface area (Å²) >= 11 is 1.22. The lowest BCUT2D eigenvalue weighted by molar-refractivity contribution is 0.1000. The summed E-state index contributed by atoms with van der Waals surface area (Å²) < 4.78 is 30.5. The average Bonchev–Trinajstić information content (AvgIpc) is 3.33. The van der Waals surface area contributed by atoms with Crippen molar-refractivity contribution in [2.24, 2.45) is 5.14 Å². The molecule has 9 nitrogen and oxygen atoms in total. The predicted octanol–water partition coefficient (Wildman–Crippen LogP) is 2.43. The van der Waals surface area contributed by atoms with E-state index in [1.165, 1.54) is 18.3 Å². The second-order valence-electron chi connectivity index (χ2n) is 6.23. The molecular weight excluding hydrogens is 414 g/mol. The van der Waals surface area contributed by atoms with Crippen molar-refractivity contribution in [3.63, 3.8) is 0 Å². The molecule has 4 rings (SSSR count). The highest BCUT2D eigenvalue weighted by molar-refractivity contribution is 7.87. The van der Waals surface area contributed by atoms with Crippen LogP contribution in [0, 0.1) is 0 Å². The maximum Gasteiger partial charge on any atom is 0.291 e. The Morgan fingerprint density at radius 2 is 1.90 bits per heavy atom. The number of nitrogens with zero attached hydrogens (tertiary/aromatic N) is 3. The Hall–Kier alpha value is -2.99. The molecule has 0 unspecified atom stereocenters. The van der Waals surface area contributed by atoms with Gasteiger partial charge in [0.1, 0.15) is 0 Å². The van der Waals surface area contributed by atoms with Gasteiger partial charge < -0.3 is 4.42 Å². The first kappa shape index (κ1) is 19.3. The molecule has 2 aromatic carbocycles. The van der Waals surface area contributed by atoms with Crippen LogP contribution in [0.4, 0.5) is 0 Å². The quantitative estimate of drug-likeness (QED) is 0.448. The van der Waals surface area contributed by atoms with Crippen LogP contribution in [0.2, 0.25) is 0 Å². The molecule has 0 radical (unpaired) electrons. The van der Waals surface area contributed by atoms with Crippen LogP contribution in [0.15, 0.2) is 52.9 Å². The topological polar surface area (TPSA) is 141 Å². The number of ketones is 1. The summed E-state index contributed by atoms with van der Waals surface area (Å²) in [6.45, 7) is 1.47. The van der Waals surface area contributed by atoms with E-state index in [1.54, 1.807) is 0 Å². The second-order valence-corrected chi connectivity index (χ2v) is 8.58. The zero-order valence-electron chi connectivity index (χ0n) is 15.1. The van der Waals surface area contributed by atoms with Crippen molar-refractivity contribution in [3.8, 4) is 11.1 Å². The number of benzene rings is 2. The number of carbonyl (C=O) groups excluding carboxylic acids is 1. The van der Waals surface area contributed by atoms with Crippen LogP contribution in [0.1, 0.15) is 34.5 Å². The summed E-state index contributed by atoms with van der Waals surface area (Å²) in [6, 6.07) is 14.8. The van der Waals surface area contributed by atoms with Gasteiger partial charge >= 0.3 is 0 Å². The van der Waals surface area contributed by atoms with Gasteiger partial charge in [0.05, 0.1) is 16.3 Å². The maximum atomic E-state index is 12.7. The van der Waals surface area contributed by atoms with Crippen LogP contribution in [-0.4, -0.2) is 29.4 Å². The Bertz CT molecular complexity index is 1300. The Labute approximate surface area is 169 Å². The van der Waals surface area contributed by atoms with Crippen molar-refractivity contribution < 1.29 is 17.6 Å². The third-order valence-electron chi connectivity index (χ3n) is 4.04. The number of aromatic nitrogens is 3. The molecule has 2 heterocycles. The molecule has 0 aliphatic carbocycles. The van der Waals surface area contributed by atoms with E-state index in [-0.39, 0.29) is 16.8 Å². The third-order valence-corrected chi connectivity index (χ3v) is 5.74. The molecule has 0 saturated heterocycles. The van der Waals surface area contributed by atoms with E-state index in [9.17, 15) is 13.2 Å². The van der Waals surface area contributed by atoms with Crippen molar-refractivity contribution in [2.45, 2.75) is 13.0 Å². The molecular formula is C18H15N5O4S2. The highest BCUT2D eigenvalue weighted by Gasteiger charge is 2.24. The predicted molar refractivity (Wildman–Crippen MR) is 107 cm³/mol. The third kappa shape index (κ3) is 4.22. The molecule has 2 aromatic heterocycles. The summed E-state index contributed by atoms with van der Waals surface area (Å²) in [5, 5.41) is 12.5. The molecule has 1 atom stereocenters. The van der Waals surface area contributed by atoms with Gasteiger partial charge in [0.2, 0.25) is 5.89 Å². The lowest BCUT2D eigenvalue weighted by atomic mass is 10.1. The molecule has 0 fully saturated rings. The first-order chi connectivity index (χ1) is 13.8. The lowest BCUT2D eigenvalue weighted by Gasteiger charge is -2.05. The second kappa shape index (κ2) is 7.44. The van der Waals surface area contributed by atoms with Gasteiger partial charge in [0.25, 0.3) is 21.9 Å². The number of carbonyl (C=O) groups is 1. The van der Waals surface area contributed by atoms with Crippen LogP contribution in [0.5, 0.6) is 0 Å². The Kier molecular flexibility index (Phi) is 4.96. The number of hydrogen-bond acceptors (Lipinski definition) is 8. The van der Waals surface area contributed by atoms with E-state index >= 15 is 0 Å². The van der Waals surface area contributed by atoms with E-state index in [0.717, 1.165) is 15.8 Å². The summed E-state index contributed by atoms with van der Waals surface area (Å²) in [4.78, 5) is 17.0. The van der Waals surface area contributed by atoms with Crippen LogP contribution >= 0.6 is 11.3 Å². The largest absolute Gasteiger partial charge is 0.416 e. The number of nitrogens with one attached hydrogen (secondary N) is 1. The molecule has 148 valence electrons. The van der Waals surface area contributed by atoms with E-state index in [0.29, 0.717) is 5.52 Å². The average molecular weight is 429 g/mol. The molecule has 3 N–H and O–H groups in total. The highest BCUT2D eigenvalue weighted by Crippen LogP contribution is 2.29. The molecule has 0 saturated carbocycles. The number of rotatable bonds is 6. The van der Waals surface area contributed by atoms with Crippen molar-refractivity contribution in [2.75, 3.05) is 0 Å². The standard InChI is InChI=1S/C18H15N5O4S2/c1-10(23-29(19,25)26)16-21-22-17(27-16)15(24)18-20-13-8-7-12(9-14(13)28-18)11-5-3-2-4-6-11/h2-10,23H,1H3,(H2,19,25,26)/t10-/m1/s1. The molecule has 0 bridgehead atoms. The van der Waals surface area contributed by atoms with Crippen molar-refractivity contribution >= 4 is 37.5 Å². The van der Waals surface area contributed by atoms with Gasteiger partial charge in [-0.3, -0.25) is 4.79 Å². The van der Waals surface area contributed by atoms with E-state index in [4.69, 9.17) is 9.56 Å². The van der Waals surface area contributed by atoms with Gasteiger partial charge in [0, 0.05) is 0 Å². The fourth-order valence-electron chi connectivity index (χ4n) is 2.72. The highest BCUT2D eigenvalue weighted by atomic mass is 32.2. The van der Waals surface area contributed by atoms with Gasteiger partial charge in [-0.1, -0.05) is 36.4 Å². The Morgan fingerprint density at radius 1 is 1.14 bits per heavy atom. The summed E-state index contributed by atoms with van der Waals surface area (Å²) in [5.41, 5.74) is 2.76. The number of fused-ring (bicyclic) bond motifs is 1. The molecule has 29 heavy (non-hydrogen) atoms. The first-order valence-corrected chi connectivity index (χ1v) is 10.8. The summed E-state index contributed by atoms with van der Waals surface area (Å²) in [7, 11) is -3.95. The summed E-state index contributed by atoms with van der Waals surface area (Å²) in [6.07, 6.45) is 0. The van der Waals surface area contributed by atoms with Crippen molar-refractivity contribution in [1.82, 2.24) is 19.9 Å². The monoisotopic (exact) mass is 429 g/mol. The fourth-order valence-corrected chi connectivity index (χ4v) is 4.25. The number of hydrogen-bond donors (Lipinski definition) is 2. The van der Waals surface area contributed by atoms with E-state index < -0.39 is 22.0 Å². The van der Waals surface area contributed by atoms with Crippen LogP contribution in [0.3, 0.4) is 0 Å². The maximum absolute atomic E-state index is 12.7. The molecule has 0 aliphatic rings. The van der Waals surface area contributed by atoms with E-state index in [2.05, 4.69) is 19.9 Å². The van der Waals surface area contributed by atoms with Gasteiger partial charge in [0.15, 0.2) is 5.01 Å². The molecule has 0 aliphatic heterocycles. The number of thiazole rings is 1. The fraction of sp³-hybridized carbons (Fsp3) is 0.111. The molecule has 0 spiro atoms. The lowest BCUT2D eigenvalue weighted by Crippen LogP contribution is -2.33. The van der Waals surface area contributed by atoms with Gasteiger partial charge in [-0.05, 0) is 30.2 Å². The van der Waals surface area contributed by atoms with Gasteiger partial charge in [-0.25, -0.2) is 10.1 Å². The molecule has 11 heteroatoms. The summed E-state index contributed by atoms with van der Waals surface area (Å²) in [5.74, 6) is -0.880. The van der Waals surface area contributed by atoms with Crippen LogP contribution in [0.25, 0.3) is 21.3 Å². The smallest absolute Gasteiger partial charge is 0.291 e. The van der Waals surface area contributed by atoms with Crippen LogP contribution < -0.4 is 9.86 Å². The minimum Gasteiger partial charge on any atom is -0.416 e. The normalized spacial score (nSPS) is 12.9. The zero-order valence-corrected chi connectivity index (χ0v) is 16.7. The van der Waals surface area contributed by atoms with Crippen LogP contribution in [-0.2, 0) is 10.2 Å². The van der Waals surface area contributed by atoms with E-state index in [1.807, 2.05) is 48.5 Å². The Morgan fingerprint density at radius 3 is 2.62 bits per heavy atom. The van der Waals surface area contributed by atoms with Crippen molar-refractivity contribution in [3.05, 3.63) is 65.3 Å². The van der Waals surface area contributed by atoms with Crippen molar-refractivity contribution in [1.29, 1.82) is 0 Å². The van der Waals surface area contributed by atoms with Gasteiger partial charge in [-0.2, -0.15) is 13.1 Å². The van der Waals surface area contributed by atoms with Gasteiger partial charge in [-0.15, -0.1) is 21.5 Å². The SMILES string of the molecule is C[C@@H](NS(N)(=O)=O)c1nnc(C(=O)c2nc3ccc(-c4ccccc4)cc3s2)o1. The Balaban J connectivity index is 1.61. The molecule has 0 amide bonds. The first-order valence-electron chi connectivity index (χ1n) is 8.44. The minimum atomic E-state index is -3.95.